The number of hydrogen-bond acceptors (Lipinski definition) is 2. The van der Waals surface area contributed by atoms with Crippen LogP contribution in [0.25, 0.3) is 0 Å². The summed E-state index contributed by atoms with van der Waals surface area (Å²) in [6.45, 7) is 5.50. The van der Waals surface area contributed by atoms with Gasteiger partial charge in [-0.2, -0.15) is 5.10 Å². The van der Waals surface area contributed by atoms with E-state index in [9.17, 15) is 4.79 Å². The highest BCUT2D eigenvalue weighted by atomic mass is 16.1. The number of aromatic nitrogens is 2. The van der Waals surface area contributed by atoms with Crippen molar-refractivity contribution in [2.45, 2.75) is 26.8 Å². The van der Waals surface area contributed by atoms with Gasteiger partial charge in [-0.15, -0.1) is 0 Å². The Morgan fingerprint density at radius 3 is 2.92 bits per heavy atom. The summed E-state index contributed by atoms with van der Waals surface area (Å²) in [7, 11) is 0. The van der Waals surface area contributed by atoms with Gasteiger partial charge in [-0.25, -0.2) is 0 Å². The lowest BCUT2D eigenvalue weighted by molar-refractivity contribution is 0.0948. The van der Waals surface area contributed by atoms with Crippen LogP contribution in [0.5, 0.6) is 0 Å². The summed E-state index contributed by atoms with van der Waals surface area (Å²) in [5.41, 5.74) is 0.496. The average Bonchev–Trinajstić information content (AvgIpc) is 2.62. The van der Waals surface area contributed by atoms with Gasteiger partial charge in [-0.1, -0.05) is 6.92 Å². The number of carbonyl (C=O) groups excluding carboxylic acids is 1. The van der Waals surface area contributed by atoms with E-state index in [4.69, 9.17) is 0 Å². The Morgan fingerprint density at radius 2 is 2.38 bits per heavy atom. The normalized spacial score (nSPS) is 10.0. The third kappa shape index (κ3) is 2.57. The number of nitrogens with zero attached hydrogens (tertiary/aromatic N) is 2. The first-order chi connectivity index (χ1) is 6.27. The highest BCUT2D eigenvalue weighted by Crippen LogP contribution is 1.95. The van der Waals surface area contributed by atoms with E-state index in [1.165, 1.54) is 0 Å². The molecule has 0 aliphatic heterocycles. The van der Waals surface area contributed by atoms with Crippen LogP contribution in [0.1, 0.15) is 30.8 Å². The third-order valence-corrected chi connectivity index (χ3v) is 1.73. The number of hydrogen-bond donors (Lipinski definition) is 1. The van der Waals surface area contributed by atoms with Crippen LogP contribution >= 0.6 is 0 Å². The third-order valence-electron chi connectivity index (χ3n) is 1.73. The van der Waals surface area contributed by atoms with Gasteiger partial charge in [0.25, 0.3) is 5.91 Å². The van der Waals surface area contributed by atoms with Crippen LogP contribution in [0.15, 0.2) is 12.3 Å². The second kappa shape index (κ2) is 4.64. The topological polar surface area (TPSA) is 46.9 Å². The van der Waals surface area contributed by atoms with Crippen molar-refractivity contribution >= 4 is 5.91 Å². The fourth-order valence-electron chi connectivity index (χ4n) is 0.988. The smallest absolute Gasteiger partial charge is 0.271 e. The van der Waals surface area contributed by atoms with Gasteiger partial charge >= 0.3 is 0 Å². The van der Waals surface area contributed by atoms with Gasteiger partial charge in [0, 0.05) is 19.3 Å². The van der Waals surface area contributed by atoms with E-state index >= 15 is 0 Å². The molecule has 0 aromatic carbocycles. The van der Waals surface area contributed by atoms with Crippen molar-refractivity contribution in [3.8, 4) is 0 Å². The number of aryl methyl sites for hydroxylation is 1. The van der Waals surface area contributed by atoms with Crippen molar-refractivity contribution in [2.75, 3.05) is 6.54 Å². The molecule has 0 saturated heterocycles. The maximum Gasteiger partial charge on any atom is 0.271 e. The van der Waals surface area contributed by atoms with Crippen LogP contribution < -0.4 is 5.32 Å². The molecule has 72 valence electrons. The zero-order chi connectivity index (χ0) is 9.68. The van der Waals surface area contributed by atoms with Gasteiger partial charge in [0.1, 0.15) is 5.69 Å². The molecule has 13 heavy (non-hydrogen) atoms. The van der Waals surface area contributed by atoms with E-state index < -0.39 is 0 Å². The first-order valence-electron chi connectivity index (χ1n) is 4.59. The maximum absolute atomic E-state index is 11.3. The molecular weight excluding hydrogens is 166 g/mol. The molecule has 0 radical (unpaired) electrons. The first-order valence-corrected chi connectivity index (χ1v) is 4.59. The molecule has 0 aliphatic rings. The summed E-state index contributed by atoms with van der Waals surface area (Å²) in [5, 5.41) is 6.86. The van der Waals surface area contributed by atoms with Gasteiger partial charge < -0.3 is 5.32 Å². The Balaban J connectivity index is 2.55. The van der Waals surface area contributed by atoms with Gasteiger partial charge in [0.15, 0.2) is 0 Å². The molecule has 0 bridgehead atoms. The highest BCUT2D eigenvalue weighted by Gasteiger charge is 2.06. The standard InChI is InChI=1S/C9H15N3O/c1-3-6-10-9(13)8-5-7-12(4-2)11-8/h5,7H,3-4,6H2,1-2H3,(H,10,13). The molecule has 1 rings (SSSR count). The van der Waals surface area contributed by atoms with Crippen molar-refractivity contribution in [2.24, 2.45) is 0 Å². The Morgan fingerprint density at radius 1 is 1.62 bits per heavy atom. The van der Waals surface area contributed by atoms with E-state index in [1.807, 2.05) is 13.8 Å². The maximum atomic E-state index is 11.3. The van der Waals surface area contributed by atoms with E-state index in [0.29, 0.717) is 12.2 Å². The molecule has 1 amide bonds. The molecule has 0 unspecified atom stereocenters. The molecule has 0 fully saturated rings. The number of nitrogens with one attached hydrogen (secondary N) is 1. The van der Waals surface area contributed by atoms with E-state index in [-0.39, 0.29) is 5.91 Å². The molecule has 0 saturated carbocycles. The van der Waals surface area contributed by atoms with Crippen LogP contribution in [0.3, 0.4) is 0 Å². The fraction of sp³-hybridized carbons (Fsp3) is 0.556. The fourth-order valence-corrected chi connectivity index (χ4v) is 0.988. The molecular formula is C9H15N3O. The SMILES string of the molecule is CCCNC(=O)c1ccn(CC)n1. The summed E-state index contributed by atoms with van der Waals surface area (Å²) in [6.07, 6.45) is 2.75. The van der Waals surface area contributed by atoms with Crippen LogP contribution in [0.2, 0.25) is 0 Å². The zero-order valence-electron chi connectivity index (χ0n) is 8.08. The minimum atomic E-state index is -0.0888. The van der Waals surface area contributed by atoms with Crippen molar-refractivity contribution in [3.05, 3.63) is 18.0 Å². The van der Waals surface area contributed by atoms with Gasteiger partial charge in [-0.3, -0.25) is 9.48 Å². The van der Waals surface area contributed by atoms with E-state index in [1.54, 1.807) is 16.9 Å². The van der Waals surface area contributed by atoms with Crippen molar-refractivity contribution in [1.82, 2.24) is 15.1 Å². The number of rotatable bonds is 4. The lowest BCUT2D eigenvalue weighted by atomic mass is 10.4. The monoisotopic (exact) mass is 181 g/mol. The Kier molecular flexibility index (Phi) is 3.49. The molecule has 1 heterocycles. The van der Waals surface area contributed by atoms with Crippen molar-refractivity contribution in [1.29, 1.82) is 0 Å². The molecule has 4 heteroatoms. The second-order valence-corrected chi connectivity index (χ2v) is 2.81. The van der Waals surface area contributed by atoms with Crippen LogP contribution in [0, 0.1) is 0 Å². The van der Waals surface area contributed by atoms with Gasteiger partial charge in [-0.05, 0) is 19.4 Å². The van der Waals surface area contributed by atoms with Crippen LogP contribution in [-0.2, 0) is 6.54 Å². The molecule has 1 N–H and O–H groups in total. The van der Waals surface area contributed by atoms with E-state index in [0.717, 1.165) is 13.0 Å². The van der Waals surface area contributed by atoms with Crippen LogP contribution in [0.4, 0.5) is 0 Å². The summed E-state index contributed by atoms with van der Waals surface area (Å²) < 4.78 is 1.74. The van der Waals surface area contributed by atoms with Crippen molar-refractivity contribution in [3.63, 3.8) is 0 Å². The van der Waals surface area contributed by atoms with Gasteiger partial charge in [0.2, 0.25) is 0 Å². The minimum Gasteiger partial charge on any atom is -0.351 e. The summed E-state index contributed by atoms with van der Waals surface area (Å²) in [4.78, 5) is 11.3. The Hall–Kier alpha value is -1.32. The predicted octanol–water partition coefficient (Wildman–Crippen LogP) is 1.04. The molecule has 1 aromatic rings. The Labute approximate surface area is 77.9 Å². The largest absolute Gasteiger partial charge is 0.351 e. The Bertz CT molecular complexity index is 280. The van der Waals surface area contributed by atoms with Gasteiger partial charge in [0.05, 0.1) is 0 Å². The molecule has 0 atom stereocenters. The van der Waals surface area contributed by atoms with Crippen molar-refractivity contribution < 1.29 is 4.79 Å². The van der Waals surface area contributed by atoms with Crippen LogP contribution in [-0.4, -0.2) is 22.2 Å². The lowest BCUT2D eigenvalue weighted by Crippen LogP contribution is -2.24. The highest BCUT2D eigenvalue weighted by molar-refractivity contribution is 5.92. The molecule has 1 aromatic heterocycles. The first kappa shape index (κ1) is 9.77. The summed E-state index contributed by atoms with van der Waals surface area (Å²) in [6, 6.07) is 1.73. The quantitative estimate of drug-likeness (QED) is 0.754. The zero-order valence-corrected chi connectivity index (χ0v) is 8.08. The number of carbonyl (C=O) groups is 1. The summed E-state index contributed by atoms with van der Waals surface area (Å²) in [5.74, 6) is -0.0888. The number of amides is 1. The lowest BCUT2D eigenvalue weighted by Gasteiger charge is -1.99. The molecule has 0 aliphatic carbocycles. The predicted molar refractivity (Wildman–Crippen MR) is 50.5 cm³/mol. The average molecular weight is 181 g/mol. The van der Waals surface area contributed by atoms with E-state index in [2.05, 4.69) is 10.4 Å². The summed E-state index contributed by atoms with van der Waals surface area (Å²) >= 11 is 0. The second-order valence-electron chi connectivity index (χ2n) is 2.81. The molecule has 0 spiro atoms. The minimum absolute atomic E-state index is 0.0888. The molecule has 4 nitrogen and oxygen atoms in total.